The van der Waals surface area contributed by atoms with Crippen molar-refractivity contribution in [3.8, 4) is 0 Å². The van der Waals surface area contributed by atoms with Gasteiger partial charge >= 0.3 is 0 Å². The summed E-state index contributed by atoms with van der Waals surface area (Å²) in [5.41, 5.74) is 0.469. The number of nitro benzene ring substituents is 1. The topological polar surface area (TPSA) is 104 Å². The molecule has 0 spiro atoms. The Bertz CT molecular complexity index is 872. The predicted octanol–water partition coefficient (Wildman–Crippen LogP) is 1.41. The maximum Gasteiger partial charge on any atom is 0.294 e. The van der Waals surface area contributed by atoms with Crippen LogP contribution in [0, 0.1) is 10.1 Å². The van der Waals surface area contributed by atoms with Crippen LogP contribution in [0.4, 0.5) is 11.4 Å². The summed E-state index contributed by atoms with van der Waals surface area (Å²) in [4.78, 5) is 29.1. The van der Waals surface area contributed by atoms with Crippen molar-refractivity contribution in [3.63, 3.8) is 0 Å². The number of benzene rings is 1. The maximum atomic E-state index is 12.7. The summed E-state index contributed by atoms with van der Waals surface area (Å²) in [6, 6.07) is 4.71. The Balaban J connectivity index is 1.54. The van der Waals surface area contributed by atoms with Crippen molar-refractivity contribution in [2.45, 2.75) is 18.9 Å². The number of hydrogen-bond acceptors (Lipinski definition) is 7. The molecule has 0 atom stereocenters. The molecule has 2 saturated heterocycles. The van der Waals surface area contributed by atoms with Crippen LogP contribution in [0.3, 0.4) is 0 Å². The molecule has 2 heterocycles. The number of carbonyl (C=O) groups excluding carboxylic acids is 1. The van der Waals surface area contributed by atoms with Crippen molar-refractivity contribution < 1.29 is 18.1 Å². The number of nitro groups is 1. The number of rotatable bonds is 5. The molecule has 160 valence electrons. The van der Waals surface area contributed by atoms with Crippen LogP contribution in [-0.2, 0) is 14.6 Å². The minimum absolute atomic E-state index is 0.00816. The predicted molar refractivity (Wildman–Crippen MR) is 111 cm³/mol. The number of likely N-dealkylation sites (N-methyl/N-ethyl adjacent to an activating group) is 1. The molecule has 9 nitrogen and oxygen atoms in total. The van der Waals surface area contributed by atoms with Crippen molar-refractivity contribution in [3.05, 3.63) is 33.3 Å². The number of anilines is 1. The van der Waals surface area contributed by atoms with Crippen molar-refractivity contribution in [1.29, 1.82) is 0 Å². The molecule has 2 aliphatic heterocycles. The quantitative estimate of drug-likeness (QED) is 0.499. The monoisotopic (exact) mass is 444 g/mol. The van der Waals surface area contributed by atoms with E-state index in [9.17, 15) is 23.3 Å². The van der Waals surface area contributed by atoms with Gasteiger partial charge in [-0.3, -0.25) is 19.8 Å². The van der Waals surface area contributed by atoms with E-state index in [0.717, 1.165) is 0 Å². The van der Waals surface area contributed by atoms with E-state index in [1.807, 2.05) is 16.8 Å². The first kappa shape index (κ1) is 21.8. The Hall–Kier alpha value is -1.91. The molecule has 0 aromatic heterocycles. The second kappa shape index (κ2) is 8.85. The number of carbonyl (C=O) groups is 1. The van der Waals surface area contributed by atoms with Gasteiger partial charge in [-0.15, -0.1) is 0 Å². The van der Waals surface area contributed by atoms with E-state index in [2.05, 4.69) is 0 Å². The van der Waals surface area contributed by atoms with E-state index < -0.39 is 14.8 Å². The third kappa shape index (κ3) is 5.37. The van der Waals surface area contributed by atoms with Crippen LogP contribution in [0.2, 0.25) is 5.02 Å². The number of hydrogen-bond donors (Lipinski definition) is 0. The third-order valence-corrected chi connectivity index (χ3v) is 7.59. The zero-order valence-electron chi connectivity index (χ0n) is 16.3. The molecular weight excluding hydrogens is 420 g/mol. The second-order valence-electron chi connectivity index (χ2n) is 7.56. The van der Waals surface area contributed by atoms with Gasteiger partial charge in [0.15, 0.2) is 0 Å². The largest absolute Gasteiger partial charge is 0.362 e. The van der Waals surface area contributed by atoms with E-state index in [-0.39, 0.29) is 35.7 Å². The van der Waals surface area contributed by atoms with Gasteiger partial charge in [0.05, 0.1) is 23.0 Å². The lowest BCUT2D eigenvalue weighted by Crippen LogP contribution is -2.52. The fraction of sp³-hybridized carbons (Fsp3) is 0.611. The lowest BCUT2D eigenvalue weighted by molar-refractivity contribution is -0.384. The molecule has 2 fully saturated rings. The highest BCUT2D eigenvalue weighted by atomic mass is 35.5. The number of halogens is 1. The maximum absolute atomic E-state index is 12.7. The van der Waals surface area contributed by atoms with Crippen molar-refractivity contribution in [2.24, 2.45) is 0 Å². The minimum Gasteiger partial charge on any atom is -0.362 e. The van der Waals surface area contributed by atoms with Crippen LogP contribution in [0.25, 0.3) is 0 Å². The molecule has 29 heavy (non-hydrogen) atoms. The Morgan fingerprint density at radius 1 is 1.24 bits per heavy atom. The van der Waals surface area contributed by atoms with Crippen LogP contribution in [-0.4, -0.2) is 86.4 Å². The fourth-order valence-corrected chi connectivity index (χ4v) is 5.50. The molecule has 1 aromatic rings. The highest BCUT2D eigenvalue weighted by Gasteiger charge is 2.30. The Kier molecular flexibility index (Phi) is 6.65. The van der Waals surface area contributed by atoms with E-state index in [1.165, 1.54) is 6.07 Å². The molecule has 1 amide bonds. The van der Waals surface area contributed by atoms with Crippen LogP contribution in [0.15, 0.2) is 18.2 Å². The van der Waals surface area contributed by atoms with Gasteiger partial charge in [0, 0.05) is 43.3 Å². The van der Waals surface area contributed by atoms with Crippen LogP contribution in [0.5, 0.6) is 0 Å². The van der Waals surface area contributed by atoms with Crippen LogP contribution >= 0.6 is 11.6 Å². The molecule has 3 rings (SSSR count). The Morgan fingerprint density at radius 2 is 1.86 bits per heavy atom. The van der Waals surface area contributed by atoms with Crippen molar-refractivity contribution in [2.75, 3.05) is 56.2 Å². The number of nitrogens with zero attached hydrogens (tertiary/aromatic N) is 4. The van der Waals surface area contributed by atoms with Gasteiger partial charge in [-0.25, -0.2) is 8.42 Å². The molecule has 0 saturated carbocycles. The average molecular weight is 445 g/mol. The van der Waals surface area contributed by atoms with Gasteiger partial charge in [-0.2, -0.15) is 0 Å². The molecule has 1 aromatic carbocycles. The summed E-state index contributed by atoms with van der Waals surface area (Å²) in [5, 5.41) is 11.6. The minimum atomic E-state index is -2.93. The SMILES string of the molecule is CN(CC(=O)N1CCN(c2ccc(Cl)cc2[N+](=O)[O-])CC1)C1CCS(=O)(=O)CC1. The first-order valence-corrected chi connectivity index (χ1v) is 11.7. The summed E-state index contributed by atoms with van der Waals surface area (Å²) in [5.74, 6) is 0.343. The molecule has 0 radical (unpaired) electrons. The average Bonchev–Trinajstić information content (AvgIpc) is 2.67. The molecule has 2 aliphatic rings. The molecule has 0 bridgehead atoms. The molecule has 0 N–H and O–H groups in total. The standard InChI is InChI=1S/C18H25ClN4O5S/c1-20(15-4-10-29(27,28)11-5-15)13-18(24)22-8-6-21(7-9-22)16-3-2-14(19)12-17(16)23(25)26/h2-3,12,15H,4-11,13H2,1H3. The number of piperazine rings is 1. The zero-order chi connectivity index (χ0) is 21.2. The number of amides is 1. The second-order valence-corrected chi connectivity index (χ2v) is 10.3. The van der Waals surface area contributed by atoms with Crippen LogP contribution < -0.4 is 4.90 Å². The Morgan fingerprint density at radius 3 is 2.45 bits per heavy atom. The smallest absolute Gasteiger partial charge is 0.294 e. The zero-order valence-corrected chi connectivity index (χ0v) is 17.9. The normalized spacial score (nSPS) is 20.1. The number of sulfone groups is 1. The highest BCUT2D eigenvalue weighted by molar-refractivity contribution is 7.91. The van der Waals surface area contributed by atoms with Gasteiger partial charge in [0.25, 0.3) is 5.69 Å². The lowest BCUT2D eigenvalue weighted by Gasteiger charge is -2.37. The summed E-state index contributed by atoms with van der Waals surface area (Å²) >= 11 is 5.88. The van der Waals surface area contributed by atoms with E-state index in [0.29, 0.717) is 49.7 Å². The summed E-state index contributed by atoms with van der Waals surface area (Å²) < 4.78 is 23.1. The first-order valence-electron chi connectivity index (χ1n) is 9.53. The molecular formula is C18H25ClN4O5S. The van der Waals surface area contributed by atoms with E-state index >= 15 is 0 Å². The van der Waals surface area contributed by atoms with Crippen LogP contribution in [0.1, 0.15) is 12.8 Å². The Labute approximate surface area is 175 Å². The summed E-state index contributed by atoms with van der Waals surface area (Å²) in [7, 11) is -1.07. The first-order chi connectivity index (χ1) is 13.7. The summed E-state index contributed by atoms with van der Waals surface area (Å²) in [6.45, 7) is 2.20. The van der Waals surface area contributed by atoms with Gasteiger partial charge in [0.1, 0.15) is 15.5 Å². The van der Waals surface area contributed by atoms with Gasteiger partial charge in [-0.05, 0) is 32.0 Å². The lowest BCUT2D eigenvalue weighted by atomic mass is 10.1. The molecule has 0 aliphatic carbocycles. The van der Waals surface area contributed by atoms with Gasteiger partial charge in [-0.1, -0.05) is 11.6 Å². The van der Waals surface area contributed by atoms with Crippen molar-refractivity contribution >= 4 is 38.7 Å². The van der Waals surface area contributed by atoms with Gasteiger partial charge < -0.3 is 9.80 Å². The summed E-state index contributed by atoms with van der Waals surface area (Å²) in [6.07, 6.45) is 1.11. The molecule has 0 unspecified atom stereocenters. The molecule has 11 heteroatoms. The third-order valence-electron chi connectivity index (χ3n) is 5.64. The highest BCUT2D eigenvalue weighted by Crippen LogP contribution is 2.31. The van der Waals surface area contributed by atoms with Crippen molar-refractivity contribution in [1.82, 2.24) is 9.80 Å². The fourth-order valence-electron chi connectivity index (χ4n) is 3.87. The van der Waals surface area contributed by atoms with Gasteiger partial charge in [0.2, 0.25) is 5.91 Å². The van der Waals surface area contributed by atoms with E-state index in [1.54, 1.807) is 17.0 Å². The van der Waals surface area contributed by atoms with E-state index in [4.69, 9.17) is 11.6 Å².